The van der Waals surface area contributed by atoms with Crippen LogP contribution in [0.3, 0.4) is 0 Å². The molecule has 0 spiro atoms. The Balaban J connectivity index is 2.41. The summed E-state index contributed by atoms with van der Waals surface area (Å²) in [5, 5.41) is 9.97. The second-order valence-corrected chi connectivity index (χ2v) is 4.40. The van der Waals surface area contributed by atoms with Gasteiger partial charge in [0.25, 0.3) is 0 Å². The average molecular weight is 256 g/mol. The first-order chi connectivity index (χ1) is 7.90. The van der Waals surface area contributed by atoms with Gasteiger partial charge in [-0.15, -0.1) is 0 Å². The molecule has 0 saturated carbocycles. The van der Waals surface area contributed by atoms with Crippen LogP contribution in [0.1, 0.15) is 32.1 Å². The van der Waals surface area contributed by atoms with Crippen LogP contribution >= 0.6 is 0 Å². The number of aliphatic hydroxyl groups is 1. The van der Waals surface area contributed by atoms with E-state index in [0.29, 0.717) is 26.1 Å². The molecule has 1 aliphatic heterocycles. The van der Waals surface area contributed by atoms with Gasteiger partial charge in [-0.25, -0.2) is 0 Å². The van der Waals surface area contributed by atoms with Crippen LogP contribution in [-0.4, -0.2) is 43.3 Å². The third-order valence-corrected chi connectivity index (χ3v) is 3.29. The lowest BCUT2D eigenvalue weighted by Crippen LogP contribution is -2.48. The highest BCUT2D eigenvalue weighted by Gasteiger charge is 2.40. The highest BCUT2D eigenvalue weighted by Crippen LogP contribution is 2.32. The molecule has 6 heteroatoms. The smallest absolute Gasteiger partial charge is 0.389 e. The quantitative estimate of drug-likeness (QED) is 0.820. The lowest BCUT2D eigenvalue weighted by Gasteiger charge is -2.39. The number of aliphatic hydroxyl groups excluding tert-OH is 1. The van der Waals surface area contributed by atoms with E-state index in [1.165, 1.54) is 7.11 Å². The molecular formula is C11H19F3O3. The molecule has 0 aromatic heterocycles. The van der Waals surface area contributed by atoms with Gasteiger partial charge in [0, 0.05) is 39.6 Å². The first kappa shape index (κ1) is 14.7. The summed E-state index contributed by atoms with van der Waals surface area (Å²) in [6.45, 7) is 0.953. The Morgan fingerprint density at radius 2 is 1.94 bits per heavy atom. The molecule has 1 saturated heterocycles. The number of alkyl halides is 3. The molecule has 0 aromatic carbocycles. The van der Waals surface area contributed by atoms with E-state index in [1.54, 1.807) is 0 Å². The SMILES string of the molecule is COC1(C(O)CCCC(F)(F)F)CCOCC1. The lowest BCUT2D eigenvalue weighted by molar-refractivity contribution is -0.161. The summed E-state index contributed by atoms with van der Waals surface area (Å²) in [5.74, 6) is 0. The summed E-state index contributed by atoms with van der Waals surface area (Å²) in [7, 11) is 1.48. The minimum absolute atomic E-state index is 0.0728. The highest BCUT2D eigenvalue weighted by atomic mass is 19.4. The zero-order valence-electron chi connectivity index (χ0n) is 9.92. The van der Waals surface area contributed by atoms with E-state index in [2.05, 4.69) is 0 Å². The fraction of sp³-hybridized carbons (Fsp3) is 1.00. The second-order valence-electron chi connectivity index (χ2n) is 4.40. The van der Waals surface area contributed by atoms with Gasteiger partial charge in [0.2, 0.25) is 0 Å². The molecule has 0 aromatic rings. The molecule has 1 unspecified atom stereocenters. The van der Waals surface area contributed by atoms with Crippen LogP contribution in [0, 0.1) is 0 Å². The molecule has 1 aliphatic rings. The molecule has 3 nitrogen and oxygen atoms in total. The molecule has 0 bridgehead atoms. The van der Waals surface area contributed by atoms with E-state index in [0.717, 1.165) is 0 Å². The first-order valence-electron chi connectivity index (χ1n) is 5.77. The van der Waals surface area contributed by atoms with Gasteiger partial charge in [-0.2, -0.15) is 13.2 Å². The molecule has 0 radical (unpaired) electrons. The predicted octanol–water partition coefficient (Wildman–Crippen LogP) is 2.28. The number of hydrogen-bond acceptors (Lipinski definition) is 3. The van der Waals surface area contributed by atoms with Crippen LogP contribution in [0.5, 0.6) is 0 Å². The first-order valence-corrected chi connectivity index (χ1v) is 5.77. The van der Waals surface area contributed by atoms with E-state index < -0.39 is 24.3 Å². The Hall–Kier alpha value is -0.330. The van der Waals surface area contributed by atoms with E-state index in [-0.39, 0.29) is 12.8 Å². The summed E-state index contributed by atoms with van der Waals surface area (Å²) in [6, 6.07) is 0. The Morgan fingerprint density at radius 3 is 2.41 bits per heavy atom. The maximum Gasteiger partial charge on any atom is 0.389 e. The summed E-state index contributed by atoms with van der Waals surface area (Å²) >= 11 is 0. The van der Waals surface area contributed by atoms with Gasteiger partial charge < -0.3 is 14.6 Å². The minimum atomic E-state index is -4.16. The monoisotopic (exact) mass is 256 g/mol. The standard InChI is InChI=1S/C11H19F3O3/c1-16-10(5-7-17-8-6-10)9(15)3-2-4-11(12,13)14/h9,15H,2-8H2,1H3. The molecule has 1 atom stereocenters. The number of hydrogen-bond donors (Lipinski definition) is 1. The Morgan fingerprint density at radius 1 is 1.35 bits per heavy atom. The summed E-state index contributed by atoms with van der Waals surface area (Å²) < 4.78 is 46.5. The van der Waals surface area contributed by atoms with Crippen molar-refractivity contribution < 1.29 is 27.8 Å². The van der Waals surface area contributed by atoms with Crippen molar-refractivity contribution in [2.24, 2.45) is 0 Å². The molecular weight excluding hydrogens is 237 g/mol. The normalized spacial score (nSPS) is 22.4. The van der Waals surface area contributed by atoms with Gasteiger partial charge in [-0.3, -0.25) is 0 Å². The Bertz CT molecular complexity index is 224. The fourth-order valence-corrected chi connectivity index (χ4v) is 2.15. The van der Waals surface area contributed by atoms with Crippen LogP contribution in [0.15, 0.2) is 0 Å². The molecule has 1 rings (SSSR count). The zero-order valence-corrected chi connectivity index (χ0v) is 9.92. The summed E-state index contributed by atoms with van der Waals surface area (Å²) in [5.41, 5.74) is -0.732. The van der Waals surface area contributed by atoms with Crippen molar-refractivity contribution in [2.75, 3.05) is 20.3 Å². The zero-order chi connectivity index (χ0) is 12.9. The second kappa shape index (κ2) is 6.02. The minimum Gasteiger partial charge on any atom is -0.390 e. The third kappa shape index (κ3) is 4.44. The van der Waals surface area contributed by atoms with Gasteiger partial charge in [-0.1, -0.05) is 0 Å². The molecule has 1 heterocycles. The van der Waals surface area contributed by atoms with Crippen LogP contribution in [-0.2, 0) is 9.47 Å². The maximum atomic E-state index is 12.0. The van der Waals surface area contributed by atoms with Crippen LogP contribution in [0.4, 0.5) is 13.2 Å². The van der Waals surface area contributed by atoms with Crippen molar-refractivity contribution in [3.8, 4) is 0 Å². The highest BCUT2D eigenvalue weighted by molar-refractivity contribution is 4.90. The van der Waals surface area contributed by atoms with E-state index in [1.807, 2.05) is 0 Å². The summed E-state index contributed by atoms with van der Waals surface area (Å²) in [6.07, 6.45) is -4.80. The van der Waals surface area contributed by atoms with Crippen LogP contribution < -0.4 is 0 Å². The van der Waals surface area contributed by atoms with E-state index in [4.69, 9.17) is 9.47 Å². The van der Waals surface area contributed by atoms with Crippen molar-refractivity contribution in [1.82, 2.24) is 0 Å². The lowest BCUT2D eigenvalue weighted by atomic mass is 9.85. The number of methoxy groups -OCH3 is 1. The van der Waals surface area contributed by atoms with E-state index >= 15 is 0 Å². The third-order valence-electron chi connectivity index (χ3n) is 3.29. The molecule has 0 amide bonds. The van der Waals surface area contributed by atoms with Gasteiger partial charge >= 0.3 is 6.18 Å². The van der Waals surface area contributed by atoms with Crippen molar-refractivity contribution in [3.05, 3.63) is 0 Å². The largest absolute Gasteiger partial charge is 0.390 e. The van der Waals surface area contributed by atoms with Crippen molar-refractivity contribution in [3.63, 3.8) is 0 Å². The Kier molecular flexibility index (Phi) is 5.22. The van der Waals surface area contributed by atoms with Crippen LogP contribution in [0.2, 0.25) is 0 Å². The predicted molar refractivity (Wildman–Crippen MR) is 55.7 cm³/mol. The topological polar surface area (TPSA) is 38.7 Å². The molecule has 17 heavy (non-hydrogen) atoms. The maximum absolute atomic E-state index is 12.0. The van der Waals surface area contributed by atoms with Gasteiger partial charge in [-0.05, 0) is 12.8 Å². The van der Waals surface area contributed by atoms with Crippen molar-refractivity contribution >= 4 is 0 Å². The molecule has 1 fully saturated rings. The van der Waals surface area contributed by atoms with Gasteiger partial charge in [0.1, 0.15) is 0 Å². The number of ether oxygens (including phenoxy) is 2. The average Bonchev–Trinajstić information content (AvgIpc) is 2.28. The Labute approximate surface area is 98.9 Å². The van der Waals surface area contributed by atoms with Crippen molar-refractivity contribution in [2.45, 2.75) is 50.0 Å². The summed E-state index contributed by atoms with van der Waals surface area (Å²) in [4.78, 5) is 0. The fourth-order valence-electron chi connectivity index (χ4n) is 2.15. The van der Waals surface area contributed by atoms with E-state index in [9.17, 15) is 18.3 Å². The molecule has 0 aliphatic carbocycles. The van der Waals surface area contributed by atoms with Crippen LogP contribution in [0.25, 0.3) is 0 Å². The number of rotatable bonds is 5. The van der Waals surface area contributed by atoms with Gasteiger partial charge in [0.05, 0.1) is 11.7 Å². The molecule has 1 N–H and O–H groups in total. The number of halogens is 3. The molecule has 102 valence electrons. The van der Waals surface area contributed by atoms with Crippen molar-refractivity contribution in [1.29, 1.82) is 0 Å². The van der Waals surface area contributed by atoms with Gasteiger partial charge in [0.15, 0.2) is 0 Å².